The zero-order valence-electron chi connectivity index (χ0n) is 11.8. The number of fused-ring (bicyclic) bond motifs is 1. The maximum absolute atomic E-state index is 12.2. The summed E-state index contributed by atoms with van der Waals surface area (Å²) in [5, 5.41) is 4.23. The number of rotatable bonds is 2. The number of hydrogen-bond donors (Lipinski definition) is 0. The van der Waals surface area contributed by atoms with E-state index in [9.17, 15) is 4.79 Å². The van der Waals surface area contributed by atoms with Gasteiger partial charge in [-0.1, -0.05) is 6.07 Å². The standard InChI is InChI=1S/C14H16N4OS/c1-9-4-5-11-12(6-9)20-8-14(19)18(11)7-13-15-10(2)16-17(13)3/h4-6H,7-8H2,1-3H3. The normalized spacial score (nSPS) is 14.6. The Bertz CT molecular complexity index is 680. The largest absolute Gasteiger partial charge is 0.303 e. The van der Waals surface area contributed by atoms with Crippen LogP contribution < -0.4 is 4.90 Å². The van der Waals surface area contributed by atoms with Crippen LogP contribution in [0.25, 0.3) is 0 Å². The molecule has 3 rings (SSSR count). The Morgan fingerprint density at radius 2 is 2.15 bits per heavy atom. The molecule has 0 spiro atoms. The smallest absolute Gasteiger partial charge is 0.237 e. The van der Waals surface area contributed by atoms with E-state index in [2.05, 4.69) is 23.1 Å². The maximum atomic E-state index is 12.2. The number of nitrogens with zero attached hydrogens (tertiary/aromatic N) is 4. The lowest BCUT2D eigenvalue weighted by Crippen LogP contribution is -2.35. The lowest BCUT2D eigenvalue weighted by atomic mass is 10.2. The first-order chi connectivity index (χ1) is 9.54. The lowest BCUT2D eigenvalue weighted by molar-refractivity contribution is -0.116. The predicted molar refractivity (Wildman–Crippen MR) is 78.8 cm³/mol. The van der Waals surface area contributed by atoms with Gasteiger partial charge in [-0.25, -0.2) is 4.98 Å². The molecule has 6 heteroatoms. The molecule has 0 saturated carbocycles. The maximum Gasteiger partial charge on any atom is 0.237 e. The van der Waals surface area contributed by atoms with Gasteiger partial charge in [0.2, 0.25) is 5.91 Å². The second kappa shape index (κ2) is 4.94. The van der Waals surface area contributed by atoms with Crippen molar-refractivity contribution in [3.05, 3.63) is 35.4 Å². The quantitative estimate of drug-likeness (QED) is 0.849. The summed E-state index contributed by atoms with van der Waals surface area (Å²) in [6.45, 7) is 4.38. The van der Waals surface area contributed by atoms with Crippen LogP contribution in [-0.2, 0) is 18.4 Å². The number of anilines is 1. The molecule has 0 atom stereocenters. The van der Waals surface area contributed by atoms with Gasteiger partial charge in [-0.15, -0.1) is 11.8 Å². The van der Waals surface area contributed by atoms with Crippen LogP contribution in [0.15, 0.2) is 23.1 Å². The molecule has 1 amide bonds. The molecule has 1 aromatic carbocycles. The van der Waals surface area contributed by atoms with Crippen LogP contribution in [0.3, 0.4) is 0 Å². The van der Waals surface area contributed by atoms with E-state index >= 15 is 0 Å². The molecule has 2 aromatic rings. The Morgan fingerprint density at radius 3 is 2.85 bits per heavy atom. The summed E-state index contributed by atoms with van der Waals surface area (Å²) in [6.07, 6.45) is 0. The zero-order chi connectivity index (χ0) is 14.3. The van der Waals surface area contributed by atoms with E-state index in [0.29, 0.717) is 12.3 Å². The first-order valence-electron chi connectivity index (χ1n) is 6.45. The summed E-state index contributed by atoms with van der Waals surface area (Å²) in [5.41, 5.74) is 2.18. The third kappa shape index (κ3) is 2.31. The highest BCUT2D eigenvalue weighted by atomic mass is 32.2. The number of thioether (sulfide) groups is 1. The van der Waals surface area contributed by atoms with Crippen LogP contribution >= 0.6 is 11.8 Å². The molecule has 1 aliphatic heterocycles. The number of hydrogen-bond acceptors (Lipinski definition) is 4. The fourth-order valence-corrected chi connectivity index (χ4v) is 3.35. The minimum absolute atomic E-state index is 0.118. The third-order valence-corrected chi connectivity index (χ3v) is 4.35. The van der Waals surface area contributed by atoms with Gasteiger partial charge in [0.15, 0.2) is 0 Å². The van der Waals surface area contributed by atoms with Crippen molar-refractivity contribution in [2.75, 3.05) is 10.7 Å². The van der Waals surface area contributed by atoms with Crippen molar-refractivity contribution in [2.45, 2.75) is 25.3 Å². The topological polar surface area (TPSA) is 51.0 Å². The molecular weight excluding hydrogens is 272 g/mol. The molecule has 0 radical (unpaired) electrons. The first kappa shape index (κ1) is 13.2. The minimum Gasteiger partial charge on any atom is -0.303 e. The minimum atomic E-state index is 0.118. The predicted octanol–water partition coefficient (Wildman–Crippen LogP) is 2.07. The number of carbonyl (C=O) groups is 1. The monoisotopic (exact) mass is 288 g/mol. The van der Waals surface area contributed by atoms with Crippen molar-refractivity contribution < 1.29 is 4.79 Å². The summed E-state index contributed by atoms with van der Waals surface area (Å²) in [5.74, 6) is 2.12. The van der Waals surface area contributed by atoms with Crippen molar-refractivity contribution in [3.8, 4) is 0 Å². The first-order valence-corrected chi connectivity index (χ1v) is 7.43. The zero-order valence-corrected chi connectivity index (χ0v) is 12.6. The van der Waals surface area contributed by atoms with Gasteiger partial charge in [0.1, 0.15) is 11.6 Å². The van der Waals surface area contributed by atoms with Gasteiger partial charge in [0.05, 0.1) is 18.0 Å². The fourth-order valence-electron chi connectivity index (χ4n) is 2.32. The second-order valence-electron chi connectivity index (χ2n) is 4.94. The van der Waals surface area contributed by atoms with Gasteiger partial charge in [-0.2, -0.15) is 5.10 Å². The molecule has 1 aliphatic rings. The second-order valence-corrected chi connectivity index (χ2v) is 5.96. The highest BCUT2D eigenvalue weighted by Gasteiger charge is 2.26. The molecule has 0 bridgehead atoms. The van der Waals surface area contributed by atoms with E-state index in [4.69, 9.17) is 0 Å². The molecule has 20 heavy (non-hydrogen) atoms. The highest BCUT2D eigenvalue weighted by molar-refractivity contribution is 8.00. The van der Waals surface area contributed by atoms with Crippen LogP contribution in [0.2, 0.25) is 0 Å². The Balaban J connectivity index is 1.97. The van der Waals surface area contributed by atoms with Crippen molar-refractivity contribution in [1.29, 1.82) is 0 Å². The molecule has 0 saturated heterocycles. The van der Waals surface area contributed by atoms with Gasteiger partial charge >= 0.3 is 0 Å². The summed E-state index contributed by atoms with van der Waals surface area (Å²) in [4.78, 5) is 19.5. The molecule has 0 unspecified atom stereocenters. The van der Waals surface area contributed by atoms with E-state index < -0.39 is 0 Å². The van der Waals surface area contributed by atoms with Gasteiger partial charge in [-0.05, 0) is 31.5 Å². The Labute approximate surface area is 122 Å². The highest BCUT2D eigenvalue weighted by Crippen LogP contribution is 2.36. The molecule has 1 aromatic heterocycles. The third-order valence-electron chi connectivity index (χ3n) is 3.32. The van der Waals surface area contributed by atoms with Gasteiger partial charge in [-0.3, -0.25) is 9.48 Å². The van der Waals surface area contributed by atoms with Crippen LogP contribution in [0.1, 0.15) is 17.2 Å². The number of aromatic nitrogens is 3. The van der Waals surface area contributed by atoms with Crippen molar-refractivity contribution in [3.63, 3.8) is 0 Å². The number of aryl methyl sites for hydroxylation is 3. The SMILES string of the molecule is Cc1ccc2c(c1)SCC(=O)N2Cc1nc(C)nn1C. The number of amides is 1. The van der Waals surface area contributed by atoms with Crippen LogP contribution in [0.5, 0.6) is 0 Å². The van der Waals surface area contributed by atoms with Gasteiger partial charge in [0.25, 0.3) is 0 Å². The molecular formula is C14H16N4OS. The average molecular weight is 288 g/mol. The fraction of sp³-hybridized carbons (Fsp3) is 0.357. The van der Waals surface area contributed by atoms with E-state index in [1.54, 1.807) is 21.3 Å². The van der Waals surface area contributed by atoms with Crippen LogP contribution in [0, 0.1) is 13.8 Å². The van der Waals surface area contributed by atoms with E-state index in [0.717, 1.165) is 22.2 Å². The summed E-state index contributed by atoms with van der Waals surface area (Å²) < 4.78 is 1.73. The van der Waals surface area contributed by atoms with Crippen LogP contribution in [0.4, 0.5) is 5.69 Å². The number of benzene rings is 1. The molecule has 0 N–H and O–H groups in total. The Kier molecular flexibility index (Phi) is 3.25. The summed E-state index contributed by atoms with van der Waals surface area (Å²) in [7, 11) is 1.86. The molecule has 0 aliphatic carbocycles. The van der Waals surface area contributed by atoms with Crippen LogP contribution in [-0.4, -0.2) is 26.4 Å². The summed E-state index contributed by atoms with van der Waals surface area (Å²) >= 11 is 1.60. The van der Waals surface area contributed by atoms with Crippen molar-refractivity contribution in [1.82, 2.24) is 14.8 Å². The Morgan fingerprint density at radius 1 is 1.35 bits per heavy atom. The Hall–Kier alpha value is -1.82. The molecule has 0 fully saturated rings. The van der Waals surface area contributed by atoms with Gasteiger partial charge in [0, 0.05) is 11.9 Å². The molecule has 5 nitrogen and oxygen atoms in total. The number of carbonyl (C=O) groups excluding carboxylic acids is 1. The van der Waals surface area contributed by atoms with E-state index in [1.165, 1.54) is 5.56 Å². The van der Waals surface area contributed by atoms with Gasteiger partial charge < -0.3 is 4.90 Å². The summed E-state index contributed by atoms with van der Waals surface area (Å²) in [6, 6.07) is 6.17. The van der Waals surface area contributed by atoms with E-state index in [-0.39, 0.29) is 5.91 Å². The lowest BCUT2D eigenvalue weighted by Gasteiger charge is -2.28. The van der Waals surface area contributed by atoms with Crippen molar-refractivity contribution >= 4 is 23.4 Å². The van der Waals surface area contributed by atoms with E-state index in [1.807, 2.05) is 26.1 Å². The molecule has 2 heterocycles. The average Bonchev–Trinajstić information content (AvgIpc) is 2.71. The molecule has 104 valence electrons. The van der Waals surface area contributed by atoms with Crippen molar-refractivity contribution in [2.24, 2.45) is 7.05 Å².